The summed E-state index contributed by atoms with van der Waals surface area (Å²) in [4.78, 5) is 12.5. The van der Waals surface area contributed by atoms with Gasteiger partial charge in [0, 0.05) is 5.56 Å². The van der Waals surface area contributed by atoms with Crippen LogP contribution in [0.5, 0.6) is 11.5 Å². The number of hydrogen-bond donors (Lipinski definition) is 0. The molecule has 2 heterocycles. The van der Waals surface area contributed by atoms with Gasteiger partial charge in [-0.25, -0.2) is 0 Å². The lowest BCUT2D eigenvalue weighted by molar-refractivity contribution is 0.105. The van der Waals surface area contributed by atoms with E-state index in [1.807, 2.05) is 18.2 Å². The monoisotopic (exact) mass is 292 g/mol. The van der Waals surface area contributed by atoms with Gasteiger partial charge < -0.3 is 9.47 Å². The molecule has 3 nitrogen and oxygen atoms in total. The Labute approximate surface area is 119 Å². The van der Waals surface area contributed by atoms with Crippen LogP contribution in [0, 0.1) is 0 Å². The van der Waals surface area contributed by atoms with Gasteiger partial charge in [0.2, 0.25) is 6.79 Å². The Bertz CT molecular complexity index is 660. The highest BCUT2D eigenvalue weighted by Crippen LogP contribution is 2.36. The number of carbonyl (C=O) groups excluding carboxylic acids is 1. The number of hydrogen-bond acceptors (Lipinski definition) is 4. The van der Waals surface area contributed by atoms with Crippen molar-refractivity contribution in [2.75, 3.05) is 6.79 Å². The number of thiophene rings is 1. The van der Waals surface area contributed by atoms with Crippen molar-refractivity contribution in [3.05, 3.63) is 51.2 Å². The summed E-state index contributed by atoms with van der Waals surface area (Å²) in [5.74, 6) is 1.30. The molecule has 3 rings (SSSR count). The largest absolute Gasteiger partial charge is 0.454 e. The topological polar surface area (TPSA) is 35.5 Å². The molecule has 1 aliphatic heterocycles. The average Bonchev–Trinajstić information content (AvgIpc) is 3.04. The number of benzene rings is 1. The Morgan fingerprint density at radius 3 is 2.95 bits per heavy atom. The lowest BCUT2D eigenvalue weighted by Gasteiger charge is -1.99. The third kappa shape index (κ3) is 2.50. The molecule has 0 fully saturated rings. The van der Waals surface area contributed by atoms with E-state index in [1.165, 1.54) is 17.4 Å². The molecule has 0 amide bonds. The first kappa shape index (κ1) is 12.3. The van der Waals surface area contributed by atoms with Crippen molar-refractivity contribution in [3.8, 4) is 11.5 Å². The standard InChI is InChI=1S/C14H9ClO3S/c15-13-7-6-12(19-13)10(16)5-4-9-2-1-3-11-14(9)18-8-17-11/h1-7H,8H2. The molecule has 0 unspecified atom stereocenters. The summed E-state index contributed by atoms with van der Waals surface area (Å²) in [6, 6.07) is 9.00. The summed E-state index contributed by atoms with van der Waals surface area (Å²) in [6.07, 6.45) is 3.24. The van der Waals surface area contributed by atoms with Crippen molar-refractivity contribution in [3.63, 3.8) is 0 Å². The summed E-state index contributed by atoms with van der Waals surface area (Å²) in [6.45, 7) is 0.217. The maximum atomic E-state index is 11.9. The maximum Gasteiger partial charge on any atom is 0.231 e. The van der Waals surface area contributed by atoms with Gasteiger partial charge in [0.05, 0.1) is 9.21 Å². The van der Waals surface area contributed by atoms with Crippen LogP contribution in [0.3, 0.4) is 0 Å². The zero-order valence-corrected chi connectivity index (χ0v) is 11.3. The minimum Gasteiger partial charge on any atom is -0.454 e. The Morgan fingerprint density at radius 2 is 2.16 bits per heavy atom. The summed E-state index contributed by atoms with van der Waals surface area (Å²) in [5.41, 5.74) is 0.825. The second kappa shape index (κ2) is 5.07. The second-order valence-corrected chi connectivity index (χ2v) is 5.60. The lowest BCUT2D eigenvalue weighted by atomic mass is 10.1. The number of ether oxygens (including phenoxy) is 2. The van der Waals surface area contributed by atoms with Crippen LogP contribution in [-0.4, -0.2) is 12.6 Å². The van der Waals surface area contributed by atoms with Crippen molar-refractivity contribution < 1.29 is 14.3 Å². The number of rotatable bonds is 3. The van der Waals surface area contributed by atoms with Gasteiger partial charge in [-0.1, -0.05) is 23.7 Å². The van der Waals surface area contributed by atoms with Gasteiger partial charge in [0.25, 0.3) is 0 Å². The molecule has 19 heavy (non-hydrogen) atoms. The maximum absolute atomic E-state index is 11.9. The summed E-state index contributed by atoms with van der Waals surface area (Å²) < 4.78 is 11.3. The molecule has 0 saturated carbocycles. The van der Waals surface area contributed by atoms with E-state index in [4.69, 9.17) is 21.1 Å². The van der Waals surface area contributed by atoms with Gasteiger partial charge in [-0.2, -0.15) is 0 Å². The molecular formula is C14H9ClO3S. The quantitative estimate of drug-likeness (QED) is 0.633. The van der Waals surface area contributed by atoms with E-state index in [9.17, 15) is 4.79 Å². The van der Waals surface area contributed by atoms with Gasteiger partial charge in [0.15, 0.2) is 17.3 Å². The number of allylic oxidation sites excluding steroid dienone is 1. The predicted molar refractivity (Wildman–Crippen MR) is 75.3 cm³/mol. The van der Waals surface area contributed by atoms with Crippen LogP contribution in [-0.2, 0) is 0 Å². The van der Waals surface area contributed by atoms with Crippen LogP contribution >= 0.6 is 22.9 Å². The van der Waals surface area contributed by atoms with Crippen LogP contribution in [0.1, 0.15) is 15.2 Å². The normalized spacial score (nSPS) is 13.1. The highest BCUT2D eigenvalue weighted by atomic mass is 35.5. The minimum atomic E-state index is -0.0755. The SMILES string of the molecule is O=C(C=Cc1cccc2c1OCO2)c1ccc(Cl)s1. The Kier molecular flexibility index (Phi) is 3.27. The zero-order valence-electron chi connectivity index (χ0n) is 9.76. The van der Waals surface area contributed by atoms with Crippen molar-refractivity contribution in [2.45, 2.75) is 0 Å². The van der Waals surface area contributed by atoms with Crippen LogP contribution < -0.4 is 9.47 Å². The molecule has 0 radical (unpaired) electrons. The molecular weight excluding hydrogens is 284 g/mol. The first-order valence-corrected chi connectivity index (χ1v) is 6.80. The van der Waals surface area contributed by atoms with Gasteiger partial charge in [-0.05, 0) is 30.4 Å². The van der Waals surface area contributed by atoms with E-state index < -0.39 is 0 Å². The Hall–Kier alpha value is -1.78. The van der Waals surface area contributed by atoms with Crippen molar-refractivity contribution in [1.29, 1.82) is 0 Å². The third-order valence-corrected chi connectivity index (χ3v) is 3.90. The third-order valence-electron chi connectivity index (χ3n) is 2.66. The minimum absolute atomic E-state index is 0.0755. The fourth-order valence-corrected chi connectivity index (χ4v) is 2.74. The predicted octanol–water partition coefficient (Wildman–Crippen LogP) is 4.03. The number of fused-ring (bicyclic) bond motifs is 1. The molecule has 2 aromatic rings. The smallest absolute Gasteiger partial charge is 0.231 e. The van der Waals surface area contributed by atoms with E-state index in [0.29, 0.717) is 20.7 Å². The molecule has 0 bridgehead atoms. The number of ketones is 1. The van der Waals surface area contributed by atoms with Gasteiger partial charge in [-0.3, -0.25) is 4.79 Å². The number of carbonyl (C=O) groups is 1. The van der Waals surface area contributed by atoms with Crippen molar-refractivity contribution in [1.82, 2.24) is 0 Å². The molecule has 0 atom stereocenters. The fourth-order valence-electron chi connectivity index (χ4n) is 1.78. The molecule has 5 heteroatoms. The molecule has 0 aliphatic carbocycles. The van der Waals surface area contributed by atoms with E-state index in [0.717, 1.165) is 5.56 Å². The lowest BCUT2D eigenvalue weighted by Crippen LogP contribution is -1.93. The fraction of sp³-hybridized carbons (Fsp3) is 0.0714. The Morgan fingerprint density at radius 1 is 1.26 bits per heavy atom. The molecule has 0 N–H and O–H groups in total. The zero-order chi connectivity index (χ0) is 13.2. The van der Waals surface area contributed by atoms with Crippen molar-refractivity contribution in [2.24, 2.45) is 0 Å². The van der Waals surface area contributed by atoms with E-state index in [2.05, 4.69) is 0 Å². The van der Waals surface area contributed by atoms with E-state index in [-0.39, 0.29) is 12.6 Å². The molecule has 96 valence electrons. The van der Waals surface area contributed by atoms with Gasteiger partial charge in [-0.15, -0.1) is 11.3 Å². The van der Waals surface area contributed by atoms with Crippen LogP contribution in [0.2, 0.25) is 4.34 Å². The van der Waals surface area contributed by atoms with Gasteiger partial charge >= 0.3 is 0 Å². The molecule has 1 aromatic heterocycles. The van der Waals surface area contributed by atoms with E-state index in [1.54, 1.807) is 18.2 Å². The number of para-hydroxylation sites is 1. The summed E-state index contributed by atoms with van der Waals surface area (Å²) in [7, 11) is 0. The summed E-state index contributed by atoms with van der Waals surface area (Å²) in [5, 5.41) is 0. The molecule has 0 saturated heterocycles. The summed E-state index contributed by atoms with van der Waals surface area (Å²) >= 11 is 7.07. The van der Waals surface area contributed by atoms with Gasteiger partial charge in [0.1, 0.15) is 0 Å². The number of halogens is 1. The second-order valence-electron chi connectivity index (χ2n) is 3.88. The highest BCUT2D eigenvalue weighted by molar-refractivity contribution is 7.18. The molecule has 1 aromatic carbocycles. The first-order chi connectivity index (χ1) is 9.24. The molecule has 1 aliphatic rings. The molecule has 0 spiro atoms. The van der Waals surface area contributed by atoms with Crippen LogP contribution in [0.15, 0.2) is 36.4 Å². The van der Waals surface area contributed by atoms with Crippen molar-refractivity contribution >= 4 is 34.8 Å². The van der Waals surface area contributed by atoms with E-state index >= 15 is 0 Å². The highest BCUT2D eigenvalue weighted by Gasteiger charge is 2.15. The first-order valence-electron chi connectivity index (χ1n) is 5.60. The van der Waals surface area contributed by atoms with Crippen LogP contribution in [0.25, 0.3) is 6.08 Å². The average molecular weight is 293 g/mol. The Balaban J connectivity index is 1.84. The van der Waals surface area contributed by atoms with Crippen LogP contribution in [0.4, 0.5) is 0 Å².